The number of hydrogen-bond donors (Lipinski definition) is 2. The van der Waals surface area contributed by atoms with Crippen LogP contribution >= 0.6 is 0 Å². The number of aromatic amines is 1. The van der Waals surface area contributed by atoms with Gasteiger partial charge in [0.05, 0.1) is 21.4 Å². The molecular weight excluding hydrogens is 276 g/mol. The van der Waals surface area contributed by atoms with Crippen molar-refractivity contribution in [1.82, 2.24) is 4.98 Å². The number of nitrogens with zero attached hydrogens (tertiary/aromatic N) is 1. The molecule has 0 atom stereocenters. The topological polar surface area (TPSA) is 113 Å². The van der Waals surface area contributed by atoms with Crippen molar-refractivity contribution < 1.29 is 14.8 Å². The van der Waals surface area contributed by atoms with Gasteiger partial charge in [-0.15, -0.1) is 0 Å². The van der Waals surface area contributed by atoms with Gasteiger partial charge < -0.3 is 10.1 Å². The van der Waals surface area contributed by atoms with Gasteiger partial charge in [-0.1, -0.05) is 12.1 Å². The van der Waals surface area contributed by atoms with Gasteiger partial charge in [-0.2, -0.15) is 0 Å². The minimum Gasteiger partial charge on any atom is -0.478 e. The Balaban J connectivity index is 2.60. The number of aromatic nitrogens is 1. The third kappa shape index (κ3) is 1.83. The Bertz CT molecular complexity index is 899. The number of carbonyl (C=O) groups is 1. The van der Waals surface area contributed by atoms with Gasteiger partial charge in [-0.3, -0.25) is 14.9 Å². The first kappa shape index (κ1) is 12.8. The number of carboxylic acids is 1. The molecule has 21 heavy (non-hydrogen) atoms. The van der Waals surface area contributed by atoms with Gasteiger partial charge in [0.15, 0.2) is 5.43 Å². The van der Waals surface area contributed by atoms with E-state index < -0.39 is 16.3 Å². The Kier molecular flexibility index (Phi) is 2.69. The number of H-pyrrole nitrogens is 1. The van der Waals surface area contributed by atoms with E-state index in [2.05, 4.69) is 4.98 Å². The number of hydrogen-bond acceptors (Lipinski definition) is 4. The smallest absolute Gasteiger partial charge is 0.337 e. The van der Waals surface area contributed by atoms with Crippen LogP contribution in [0.2, 0.25) is 0 Å². The van der Waals surface area contributed by atoms with E-state index in [1.807, 2.05) is 0 Å². The molecule has 7 heteroatoms. The molecule has 0 aliphatic carbocycles. The Hall–Kier alpha value is -3.22. The molecule has 0 fully saturated rings. The van der Waals surface area contributed by atoms with Gasteiger partial charge in [-0.05, 0) is 18.2 Å². The van der Waals surface area contributed by atoms with Crippen LogP contribution in [0.25, 0.3) is 21.8 Å². The van der Waals surface area contributed by atoms with Crippen molar-refractivity contribution in [3.63, 3.8) is 0 Å². The molecule has 0 saturated heterocycles. The molecule has 3 aromatic rings. The summed E-state index contributed by atoms with van der Waals surface area (Å²) >= 11 is 0. The molecule has 0 unspecified atom stereocenters. The summed E-state index contributed by atoms with van der Waals surface area (Å²) in [5.41, 5.74) is -0.715. The molecule has 0 amide bonds. The fourth-order valence-electron chi connectivity index (χ4n) is 2.34. The molecule has 0 radical (unpaired) electrons. The summed E-state index contributed by atoms with van der Waals surface area (Å²) in [6.07, 6.45) is 0. The highest BCUT2D eigenvalue weighted by atomic mass is 16.6. The van der Waals surface area contributed by atoms with Crippen LogP contribution in [-0.2, 0) is 0 Å². The van der Waals surface area contributed by atoms with Crippen molar-refractivity contribution in [2.45, 2.75) is 0 Å². The van der Waals surface area contributed by atoms with Crippen molar-refractivity contribution in [2.24, 2.45) is 0 Å². The maximum absolute atomic E-state index is 12.4. The van der Waals surface area contributed by atoms with Crippen LogP contribution in [0.15, 0.2) is 41.2 Å². The molecule has 1 heterocycles. The molecular formula is C14H8N2O5. The second-order valence-corrected chi connectivity index (χ2v) is 4.44. The fourth-order valence-corrected chi connectivity index (χ4v) is 2.34. The van der Waals surface area contributed by atoms with Gasteiger partial charge in [0.2, 0.25) is 0 Å². The van der Waals surface area contributed by atoms with E-state index in [-0.39, 0.29) is 33.1 Å². The fraction of sp³-hybridized carbons (Fsp3) is 0. The SMILES string of the molecule is O=C(O)c1cccc2c(=O)c3cccc([N+](=O)[O-])c3[nH]c12. The minimum atomic E-state index is -1.21. The predicted octanol–water partition coefficient (Wildman–Crippen LogP) is 2.29. The molecule has 104 valence electrons. The lowest BCUT2D eigenvalue weighted by molar-refractivity contribution is -0.383. The number of nitrogens with one attached hydrogen (secondary N) is 1. The molecule has 0 aliphatic rings. The first-order valence-corrected chi connectivity index (χ1v) is 5.96. The molecule has 7 nitrogen and oxygen atoms in total. The predicted molar refractivity (Wildman–Crippen MR) is 75.7 cm³/mol. The van der Waals surface area contributed by atoms with E-state index in [1.165, 1.54) is 36.4 Å². The number of nitro benzene ring substituents is 1. The Morgan fingerprint density at radius 1 is 1.10 bits per heavy atom. The lowest BCUT2D eigenvalue weighted by Crippen LogP contribution is -2.09. The number of aromatic carboxylic acids is 1. The summed E-state index contributed by atoms with van der Waals surface area (Å²) in [4.78, 5) is 36.8. The van der Waals surface area contributed by atoms with E-state index in [0.717, 1.165) is 0 Å². The van der Waals surface area contributed by atoms with Crippen molar-refractivity contribution in [1.29, 1.82) is 0 Å². The van der Waals surface area contributed by atoms with Crippen LogP contribution in [-0.4, -0.2) is 21.0 Å². The van der Waals surface area contributed by atoms with E-state index in [1.54, 1.807) is 0 Å². The number of non-ortho nitro benzene ring substituents is 1. The second kappa shape index (κ2) is 4.41. The average Bonchev–Trinajstić information content (AvgIpc) is 2.46. The summed E-state index contributed by atoms with van der Waals surface area (Å²) in [6, 6.07) is 8.43. The maximum atomic E-state index is 12.4. The quantitative estimate of drug-likeness (QED) is 0.425. The van der Waals surface area contributed by atoms with E-state index in [0.29, 0.717) is 0 Å². The molecule has 0 saturated carbocycles. The van der Waals surface area contributed by atoms with E-state index in [4.69, 9.17) is 5.11 Å². The third-order valence-corrected chi connectivity index (χ3v) is 3.27. The highest BCUT2D eigenvalue weighted by Crippen LogP contribution is 2.25. The van der Waals surface area contributed by atoms with Crippen LogP contribution < -0.4 is 5.43 Å². The molecule has 0 aliphatic heterocycles. The maximum Gasteiger partial charge on any atom is 0.337 e. The Morgan fingerprint density at radius 2 is 1.71 bits per heavy atom. The number of benzene rings is 2. The molecule has 2 N–H and O–H groups in total. The standard InChI is InChI=1S/C14H8N2O5/c17-13-7-3-1-5-9(14(18)19)11(7)15-12-8(13)4-2-6-10(12)16(20)21/h1-6H,(H,15,17)(H,18,19). The van der Waals surface area contributed by atoms with E-state index >= 15 is 0 Å². The average molecular weight is 284 g/mol. The zero-order chi connectivity index (χ0) is 15.1. The van der Waals surface area contributed by atoms with E-state index in [9.17, 15) is 19.7 Å². The van der Waals surface area contributed by atoms with Crippen LogP contribution in [0, 0.1) is 10.1 Å². The van der Waals surface area contributed by atoms with Crippen LogP contribution in [0.3, 0.4) is 0 Å². The molecule has 1 aromatic heterocycles. The third-order valence-electron chi connectivity index (χ3n) is 3.27. The molecule has 2 aromatic carbocycles. The number of nitro groups is 1. The first-order valence-electron chi connectivity index (χ1n) is 5.96. The van der Waals surface area contributed by atoms with Crippen molar-refractivity contribution in [3.8, 4) is 0 Å². The monoisotopic (exact) mass is 284 g/mol. The zero-order valence-corrected chi connectivity index (χ0v) is 10.5. The normalized spacial score (nSPS) is 10.9. The summed E-state index contributed by atoms with van der Waals surface area (Å²) in [5, 5.41) is 20.6. The number of para-hydroxylation sites is 2. The largest absolute Gasteiger partial charge is 0.478 e. The lowest BCUT2D eigenvalue weighted by Gasteiger charge is -2.05. The molecule has 0 spiro atoms. The Morgan fingerprint density at radius 3 is 2.33 bits per heavy atom. The van der Waals surface area contributed by atoms with Crippen molar-refractivity contribution >= 4 is 33.5 Å². The summed E-state index contributed by atoms with van der Waals surface area (Å²) in [7, 11) is 0. The zero-order valence-electron chi connectivity index (χ0n) is 10.5. The summed E-state index contributed by atoms with van der Waals surface area (Å²) < 4.78 is 0. The number of fused-ring (bicyclic) bond motifs is 2. The summed E-state index contributed by atoms with van der Waals surface area (Å²) in [6.45, 7) is 0. The van der Waals surface area contributed by atoms with Gasteiger partial charge >= 0.3 is 5.97 Å². The van der Waals surface area contributed by atoms with Crippen molar-refractivity contribution in [3.05, 3.63) is 62.3 Å². The Labute approximate surface area is 116 Å². The number of carboxylic acid groups (broad SMARTS) is 1. The first-order chi connectivity index (χ1) is 10.0. The highest BCUT2D eigenvalue weighted by molar-refractivity contribution is 6.05. The molecule has 0 bridgehead atoms. The van der Waals surface area contributed by atoms with Gasteiger partial charge in [0.1, 0.15) is 5.52 Å². The second-order valence-electron chi connectivity index (χ2n) is 4.44. The highest BCUT2D eigenvalue weighted by Gasteiger charge is 2.18. The summed E-state index contributed by atoms with van der Waals surface area (Å²) in [5.74, 6) is -1.21. The van der Waals surface area contributed by atoms with Gasteiger partial charge in [0, 0.05) is 11.5 Å². The van der Waals surface area contributed by atoms with Gasteiger partial charge in [0.25, 0.3) is 5.69 Å². The van der Waals surface area contributed by atoms with Gasteiger partial charge in [-0.25, -0.2) is 4.79 Å². The number of pyridine rings is 1. The number of rotatable bonds is 2. The van der Waals surface area contributed by atoms with Crippen LogP contribution in [0.5, 0.6) is 0 Å². The molecule has 3 rings (SSSR count). The minimum absolute atomic E-state index is 0.0219. The lowest BCUT2D eigenvalue weighted by atomic mass is 10.1. The van der Waals surface area contributed by atoms with Crippen molar-refractivity contribution in [2.75, 3.05) is 0 Å². The van der Waals surface area contributed by atoms with Crippen LogP contribution in [0.4, 0.5) is 5.69 Å². The van der Waals surface area contributed by atoms with Crippen LogP contribution in [0.1, 0.15) is 10.4 Å².